The minimum Gasteiger partial charge on any atom is -0.0622 e. The molecule has 0 bridgehead atoms. The van der Waals surface area contributed by atoms with Crippen molar-refractivity contribution in [3.05, 3.63) is 107 Å². The molecule has 0 fully saturated rings. The third kappa shape index (κ3) is 2.74. The van der Waals surface area contributed by atoms with Crippen molar-refractivity contribution in [2.24, 2.45) is 0 Å². The Hall–Kier alpha value is -2.65. The summed E-state index contributed by atoms with van der Waals surface area (Å²) in [5.41, 5.74) is 5.17. The number of hydrogen-bond acceptors (Lipinski definition) is 0. The van der Waals surface area contributed by atoms with E-state index >= 15 is 0 Å². The zero-order valence-electron chi connectivity index (χ0n) is 14.7. The zero-order chi connectivity index (χ0) is 18.2. The summed E-state index contributed by atoms with van der Waals surface area (Å²) in [7, 11) is 0. The molecule has 0 amide bonds. The number of benzene rings is 5. The number of rotatable bonds is 2. The second-order valence-corrected chi connectivity index (χ2v) is 7.85. The van der Waals surface area contributed by atoms with Gasteiger partial charge in [-0.15, -0.1) is 0 Å². The highest BCUT2D eigenvalue weighted by Gasteiger charge is 2.17. The first-order valence-corrected chi connectivity index (χ1v) is 10.2. The summed E-state index contributed by atoms with van der Waals surface area (Å²) in [6.07, 6.45) is 0. The van der Waals surface area contributed by atoms with Crippen LogP contribution in [-0.2, 0) is 0 Å². The van der Waals surface area contributed by atoms with Crippen molar-refractivity contribution in [1.29, 1.82) is 0 Å². The van der Waals surface area contributed by atoms with Gasteiger partial charge in [0.15, 0.2) is 0 Å². The maximum absolute atomic E-state index is 2.48. The summed E-state index contributed by atoms with van der Waals surface area (Å²) in [6, 6.07) is 36.9. The molecule has 0 spiro atoms. The van der Waals surface area contributed by atoms with Crippen molar-refractivity contribution >= 4 is 44.1 Å². The van der Waals surface area contributed by atoms with E-state index in [0.29, 0.717) is 0 Å². The van der Waals surface area contributed by atoms with Crippen molar-refractivity contribution in [2.75, 3.05) is 0 Å². The van der Waals surface area contributed by atoms with Gasteiger partial charge >= 0.3 is 0 Å². The molecule has 0 nitrogen and oxygen atoms in total. The molecule has 1 heteroatoms. The SMILES string of the molecule is Ic1cccc2c(-c3ccccc3)c3ccccc3c(-c3ccccc3)c12. The van der Waals surface area contributed by atoms with Gasteiger partial charge in [-0.3, -0.25) is 0 Å². The summed E-state index contributed by atoms with van der Waals surface area (Å²) in [4.78, 5) is 0. The largest absolute Gasteiger partial charge is 0.0622 e. The van der Waals surface area contributed by atoms with Crippen LogP contribution in [0.2, 0.25) is 0 Å². The molecular formula is C26H17I. The molecule has 0 aliphatic heterocycles. The highest BCUT2D eigenvalue weighted by molar-refractivity contribution is 14.1. The molecule has 0 radical (unpaired) electrons. The third-order valence-electron chi connectivity index (χ3n) is 5.12. The standard InChI is InChI=1S/C26H17I/c27-23-17-9-16-22-24(18-10-3-1-4-11-18)20-14-7-8-15-21(20)25(26(22)23)19-12-5-2-6-13-19/h1-17H. The van der Waals surface area contributed by atoms with E-state index in [2.05, 4.69) is 126 Å². The first-order valence-electron chi connectivity index (χ1n) is 9.08. The molecule has 0 aliphatic carbocycles. The Kier molecular flexibility index (Phi) is 4.17. The molecule has 0 aromatic heterocycles. The lowest BCUT2D eigenvalue weighted by molar-refractivity contribution is 1.64. The van der Waals surface area contributed by atoms with Gasteiger partial charge in [0.1, 0.15) is 0 Å². The number of hydrogen-bond donors (Lipinski definition) is 0. The van der Waals surface area contributed by atoms with E-state index in [4.69, 9.17) is 0 Å². The van der Waals surface area contributed by atoms with Crippen molar-refractivity contribution in [3.8, 4) is 22.3 Å². The van der Waals surface area contributed by atoms with E-state index in [9.17, 15) is 0 Å². The lowest BCUT2D eigenvalue weighted by atomic mass is 9.86. The Morgan fingerprint density at radius 1 is 0.407 bits per heavy atom. The highest BCUT2D eigenvalue weighted by atomic mass is 127. The molecule has 128 valence electrons. The third-order valence-corrected chi connectivity index (χ3v) is 6.02. The molecule has 0 aliphatic rings. The molecule has 0 saturated carbocycles. The first kappa shape index (κ1) is 16.5. The van der Waals surface area contributed by atoms with Crippen molar-refractivity contribution < 1.29 is 0 Å². The number of fused-ring (bicyclic) bond motifs is 2. The van der Waals surface area contributed by atoms with Crippen molar-refractivity contribution in [3.63, 3.8) is 0 Å². The van der Waals surface area contributed by atoms with E-state index in [-0.39, 0.29) is 0 Å². The fourth-order valence-electron chi connectivity index (χ4n) is 4.01. The highest BCUT2D eigenvalue weighted by Crippen LogP contribution is 2.44. The maximum Gasteiger partial charge on any atom is 0.0215 e. The van der Waals surface area contributed by atoms with Gasteiger partial charge in [-0.05, 0) is 67.1 Å². The number of halogens is 1. The fraction of sp³-hybridized carbons (Fsp3) is 0. The van der Waals surface area contributed by atoms with Crippen molar-refractivity contribution in [1.82, 2.24) is 0 Å². The van der Waals surface area contributed by atoms with Crippen LogP contribution in [0.5, 0.6) is 0 Å². The van der Waals surface area contributed by atoms with Crippen molar-refractivity contribution in [2.45, 2.75) is 0 Å². The Morgan fingerprint density at radius 2 is 0.889 bits per heavy atom. The molecule has 0 N–H and O–H groups in total. The molecule has 5 rings (SSSR count). The predicted molar refractivity (Wildman–Crippen MR) is 125 cm³/mol. The average molecular weight is 456 g/mol. The van der Waals surface area contributed by atoms with Gasteiger partial charge in [0, 0.05) is 8.96 Å². The van der Waals surface area contributed by atoms with E-state index in [1.54, 1.807) is 0 Å². The lowest BCUT2D eigenvalue weighted by Crippen LogP contribution is -1.92. The van der Waals surface area contributed by atoms with Gasteiger partial charge in [0.25, 0.3) is 0 Å². The summed E-state index contributed by atoms with van der Waals surface area (Å²) in [6.45, 7) is 0. The summed E-state index contributed by atoms with van der Waals surface area (Å²) in [5.74, 6) is 0. The van der Waals surface area contributed by atoms with Crippen LogP contribution in [0.15, 0.2) is 103 Å². The Labute approximate surface area is 172 Å². The van der Waals surface area contributed by atoms with Crippen LogP contribution in [0.25, 0.3) is 43.8 Å². The summed E-state index contributed by atoms with van der Waals surface area (Å²) < 4.78 is 1.28. The van der Waals surface area contributed by atoms with E-state index in [0.717, 1.165) is 0 Å². The first-order chi connectivity index (χ1) is 13.3. The monoisotopic (exact) mass is 456 g/mol. The fourth-order valence-corrected chi connectivity index (χ4v) is 4.77. The Bertz CT molecular complexity index is 1260. The maximum atomic E-state index is 2.48. The Balaban J connectivity index is 2.06. The van der Waals surface area contributed by atoms with Crippen LogP contribution in [-0.4, -0.2) is 0 Å². The van der Waals surface area contributed by atoms with E-state index in [1.807, 2.05) is 0 Å². The molecule has 0 saturated heterocycles. The molecular weight excluding hydrogens is 439 g/mol. The van der Waals surface area contributed by atoms with Crippen LogP contribution in [0.3, 0.4) is 0 Å². The van der Waals surface area contributed by atoms with Crippen LogP contribution in [0.4, 0.5) is 0 Å². The molecule has 5 aromatic rings. The second kappa shape index (κ2) is 6.82. The van der Waals surface area contributed by atoms with Crippen LogP contribution in [0.1, 0.15) is 0 Å². The van der Waals surface area contributed by atoms with Crippen LogP contribution in [0, 0.1) is 3.57 Å². The predicted octanol–water partition coefficient (Wildman–Crippen LogP) is 7.93. The molecule has 27 heavy (non-hydrogen) atoms. The van der Waals surface area contributed by atoms with E-state index in [1.165, 1.54) is 47.4 Å². The second-order valence-electron chi connectivity index (χ2n) is 6.69. The summed E-state index contributed by atoms with van der Waals surface area (Å²) >= 11 is 2.48. The zero-order valence-corrected chi connectivity index (χ0v) is 16.9. The molecule has 0 heterocycles. The van der Waals surface area contributed by atoms with Gasteiger partial charge < -0.3 is 0 Å². The van der Waals surface area contributed by atoms with E-state index < -0.39 is 0 Å². The minimum absolute atomic E-state index is 1.26. The molecule has 0 atom stereocenters. The summed E-state index contributed by atoms with van der Waals surface area (Å²) in [5, 5.41) is 5.25. The quantitative estimate of drug-likeness (QED) is 0.187. The van der Waals surface area contributed by atoms with Crippen LogP contribution >= 0.6 is 22.6 Å². The van der Waals surface area contributed by atoms with Gasteiger partial charge in [0.05, 0.1) is 0 Å². The molecule has 5 aromatic carbocycles. The van der Waals surface area contributed by atoms with Gasteiger partial charge in [-0.2, -0.15) is 0 Å². The van der Waals surface area contributed by atoms with Gasteiger partial charge in [0.2, 0.25) is 0 Å². The average Bonchev–Trinajstić information content (AvgIpc) is 2.73. The van der Waals surface area contributed by atoms with Gasteiger partial charge in [-0.25, -0.2) is 0 Å². The normalized spacial score (nSPS) is 11.1. The lowest BCUT2D eigenvalue weighted by Gasteiger charge is -2.18. The smallest absolute Gasteiger partial charge is 0.0215 e. The Morgan fingerprint density at radius 3 is 1.52 bits per heavy atom. The topological polar surface area (TPSA) is 0 Å². The van der Waals surface area contributed by atoms with Gasteiger partial charge in [-0.1, -0.05) is 97.1 Å². The minimum atomic E-state index is 1.26. The van der Waals surface area contributed by atoms with Crippen LogP contribution < -0.4 is 0 Å². The molecule has 0 unspecified atom stereocenters.